The third-order valence-corrected chi connectivity index (χ3v) is 8.51. The largest absolute Gasteiger partial charge is 0.490 e. The zero-order valence-corrected chi connectivity index (χ0v) is 23.2. The van der Waals surface area contributed by atoms with Crippen molar-refractivity contribution in [2.75, 3.05) is 25.0 Å². The predicted molar refractivity (Wildman–Crippen MR) is 141 cm³/mol. The average molecular weight is 624 g/mol. The molecule has 4 rings (SSSR count). The number of likely N-dealkylation sites (tertiary alicyclic amines) is 1. The summed E-state index contributed by atoms with van der Waals surface area (Å²) in [4.78, 5) is 23.7. The Kier molecular flexibility index (Phi) is 11.0. The summed E-state index contributed by atoms with van der Waals surface area (Å²) in [5.74, 6) is -2.59. The summed E-state index contributed by atoms with van der Waals surface area (Å²) in [6.07, 6.45) is -2.38. The Bertz CT molecular complexity index is 1310. The lowest BCUT2D eigenvalue weighted by Crippen LogP contribution is -2.38. The molecule has 1 aliphatic carbocycles. The quantitative estimate of drug-likeness (QED) is 0.350. The normalized spacial score (nSPS) is 18.7. The van der Waals surface area contributed by atoms with Crippen molar-refractivity contribution in [3.8, 4) is 0 Å². The van der Waals surface area contributed by atoms with Gasteiger partial charge in [-0.15, -0.1) is 0 Å². The molecule has 1 amide bonds. The number of carbonyl (C=O) groups excluding carboxylic acids is 1. The lowest BCUT2D eigenvalue weighted by atomic mass is 9.89. The highest BCUT2D eigenvalue weighted by atomic mass is 32.2. The molecule has 1 unspecified atom stereocenters. The van der Waals surface area contributed by atoms with Crippen LogP contribution in [0, 0.1) is 5.92 Å². The first-order valence-corrected chi connectivity index (χ1v) is 14.7. The molecule has 0 aromatic heterocycles. The van der Waals surface area contributed by atoms with Crippen molar-refractivity contribution in [1.29, 1.82) is 0 Å². The Morgan fingerprint density at radius 2 is 1.45 bits per heavy atom. The first-order chi connectivity index (χ1) is 19.5. The molecule has 1 atom stereocenters. The number of aliphatic carboxylic acids is 1. The number of anilines is 1. The predicted octanol–water partition coefficient (Wildman–Crippen LogP) is 5.52. The second-order valence-electron chi connectivity index (χ2n) is 10.2. The van der Waals surface area contributed by atoms with Crippen LogP contribution >= 0.6 is 0 Å². The number of halogens is 6. The van der Waals surface area contributed by atoms with E-state index < -0.39 is 39.8 Å². The fourth-order valence-electron chi connectivity index (χ4n) is 4.85. The highest BCUT2D eigenvalue weighted by Crippen LogP contribution is 2.30. The number of carbonyl (C=O) groups is 2. The van der Waals surface area contributed by atoms with Crippen LogP contribution in [0.3, 0.4) is 0 Å². The van der Waals surface area contributed by atoms with Crippen LogP contribution in [0.2, 0.25) is 0 Å². The topological polar surface area (TPSA) is 116 Å². The van der Waals surface area contributed by atoms with E-state index in [4.69, 9.17) is 9.90 Å². The maximum absolute atomic E-state index is 12.8. The first kappa shape index (κ1) is 33.3. The number of nitrogens with one attached hydrogen (secondary N) is 2. The minimum absolute atomic E-state index is 0.0642. The van der Waals surface area contributed by atoms with Crippen LogP contribution in [0.25, 0.3) is 0 Å². The van der Waals surface area contributed by atoms with Crippen molar-refractivity contribution in [2.24, 2.45) is 5.92 Å². The maximum atomic E-state index is 12.8. The van der Waals surface area contributed by atoms with Gasteiger partial charge in [-0.25, -0.2) is 17.9 Å². The van der Waals surface area contributed by atoms with Crippen LogP contribution in [-0.2, 0) is 21.0 Å². The molecular weight excluding hydrogens is 592 g/mol. The fraction of sp³-hybridized carbons (Fsp3) is 0.481. The number of nitrogens with zero attached hydrogens (tertiary/aromatic N) is 1. The lowest BCUT2D eigenvalue weighted by Gasteiger charge is -2.26. The second kappa shape index (κ2) is 13.9. The van der Waals surface area contributed by atoms with Gasteiger partial charge in [-0.05, 0) is 80.3 Å². The van der Waals surface area contributed by atoms with E-state index in [1.807, 2.05) is 0 Å². The number of carboxylic acid groups (broad SMARTS) is 1. The summed E-state index contributed by atoms with van der Waals surface area (Å²) < 4.78 is 98.3. The Morgan fingerprint density at radius 1 is 0.881 bits per heavy atom. The summed E-state index contributed by atoms with van der Waals surface area (Å²) in [5, 5.41) is 9.64. The molecule has 1 aliphatic heterocycles. The molecular formula is C27H31F6N3O5S. The number of hydrogen-bond acceptors (Lipinski definition) is 5. The van der Waals surface area contributed by atoms with Crippen LogP contribution in [0.15, 0.2) is 53.4 Å². The Balaban J connectivity index is 0.000000616. The summed E-state index contributed by atoms with van der Waals surface area (Å²) in [7, 11) is -3.74. The Hall–Kier alpha value is -3.17. The van der Waals surface area contributed by atoms with Crippen molar-refractivity contribution in [2.45, 2.75) is 61.8 Å². The molecule has 0 radical (unpaired) electrons. The number of benzene rings is 2. The van der Waals surface area contributed by atoms with Gasteiger partial charge in [0.1, 0.15) is 0 Å². The van der Waals surface area contributed by atoms with E-state index >= 15 is 0 Å². The molecule has 0 spiro atoms. The van der Waals surface area contributed by atoms with Gasteiger partial charge in [0.05, 0.1) is 10.5 Å². The summed E-state index contributed by atoms with van der Waals surface area (Å²) >= 11 is 0. The molecule has 232 valence electrons. The van der Waals surface area contributed by atoms with Crippen molar-refractivity contribution < 1.29 is 49.5 Å². The number of alkyl halides is 6. The summed E-state index contributed by atoms with van der Waals surface area (Å²) in [6.45, 7) is 2.61. The van der Waals surface area contributed by atoms with Gasteiger partial charge >= 0.3 is 18.3 Å². The number of amides is 1. The van der Waals surface area contributed by atoms with Crippen LogP contribution in [0.1, 0.15) is 54.4 Å². The SMILES string of the molecule is O=C(Nc1ccc(C(F)(F)F)cc1)c1ccc(S(=O)(=O)NC2CCN(CC3CCCCC3)C2)cc1.O=C(O)C(F)(F)F. The van der Waals surface area contributed by atoms with Crippen LogP contribution in [0.5, 0.6) is 0 Å². The smallest absolute Gasteiger partial charge is 0.475 e. The summed E-state index contributed by atoms with van der Waals surface area (Å²) in [5.41, 5.74) is -0.402. The zero-order valence-electron chi connectivity index (χ0n) is 22.3. The van der Waals surface area contributed by atoms with E-state index in [-0.39, 0.29) is 22.2 Å². The molecule has 42 heavy (non-hydrogen) atoms. The minimum Gasteiger partial charge on any atom is -0.475 e. The molecule has 0 bridgehead atoms. The third kappa shape index (κ3) is 9.98. The number of sulfonamides is 1. The van der Waals surface area contributed by atoms with Gasteiger partial charge in [0.2, 0.25) is 10.0 Å². The molecule has 1 saturated heterocycles. The molecule has 1 heterocycles. The standard InChI is InChI=1S/C25H30F3N3O3S.C2HF3O2/c26-25(27,28)20-8-10-21(11-9-20)29-24(32)19-6-12-23(13-7-19)35(33,34)30-22-14-15-31(17-22)16-18-4-2-1-3-5-18;3-2(4,5)1(6)7/h6-13,18,22,30H,1-5,14-17H2,(H,29,32);(H,6,7). The van der Waals surface area contributed by atoms with Crippen LogP contribution in [-0.4, -0.2) is 62.2 Å². The van der Waals surface area contributed by atoms with Gasteiger partial charge in [-0.2, -0.15) is 26.3 Å². The lowest BCUT2D eigenvalue weighted by molar-refractivity contribution is -0.192. The number of rotatable bonds is 7. The van der Waals surface area contributed by atoms with Crippen molar-refractivity contribution in [1.82, 2.24) is 9.62 Å². The second-order valence-corrected chi connectivity index (χ2v) is 11.9. The van der Waals surface area contributed by atoms with E-state index in [1.165, 1.54) is 68.5 Å². The van der Waals surface area contributed by atoms with Gasteiger partial charge in [0.15, 0.2) is 0 Å². The molecule has 2 aromatic rings. The molecule has 2 aliphatic rings. The average Bonchev–Trinajstić information content (AvgIpc) is 3.34. The van der Waals surface area contributed by atoms with Gasteiger partial charge in [0, 0.05) is 30.4 Å². The van der Waals surface area contributed by atoms with Gasteiger partial charge in [-0.1, -0.05) is 19.3 Å². The monoisotopic (exact) mass is 623 g/mol. The molecule has 2 fully saturated rings. The molecule has 1 saturated carbocycles. The van der Waals surface area contributed by atoms with Gasteiger partial charge in [0.25, 0.3) is 5.91 Å². The molecule has 3 N–H and O–H groups in total. The molecule has 8 nitrogen and oxygen atoms in total. The molecule has 2 aromatic carbocycles. The third-order valence-electron chi connectivity index (χ3n) is 6.97. The van der Waals surface area contributed by atoms with Gasteiger partial charge < -0.3 is 15.3 Å². The number of carboxylic acids is 1. The van der Waals surface area contributed by atoms with E-state index in [0.717, 1.165) is 31.6 Å². The van der Waals surface area contributed by atoms with E-state index in [9.17, 15) is 39.6 Å². The van der Waals surface area contributed by atoms with Crippen LogP contribution in [0.4, 0.5) is 32.0 Å². The highest BCUT2D eigenvalue weighted by Gasteiger charge is 2.38. The minimum atomic E-state index is -5.08. The van der Waals surface area contributed by atoms with E-state index in [1.54, 1.807) is 0 Å². The van der Waals surface area contributed by atoms with E-state index in [2.05, 4.69) is 14.9 Å². The van der Waals surface area contributed by atoms with Crippen molar-refractivity contribution in [3.63, 3.8) is 0 Å². The van der Waals surface area contributed by atoms with Gasteiger partial charge in [-0.3, -0.25) is 4.79 Å². The fourth-order valence-corrected chi connectivity index (χ4v) is 6.11. The van der Waals surface area contributed by atoms with E-state index in [0.29, 0.717) is 12.5 Å². The highest BCUT2D eigenvalue weighted by molar-refractivity contribution is 7.89. The van der Waals surface area contributed by atoms with Crippen molar-refractivity contribution >= 4 is 27.6 Å². The van der Waals surface area contributed by atoms with Crippen molar-refractivity contribution in [3.05, 3.63) is 59.7 Å². The summed E-state index contributed by atoms with van der Waals surface area (Å²) in [6, 6.07) is 9.46. The molecule has 15 heteroatoms. The zero-order chi connectivity index (χ0) is 31.1. The Morgan fingerprint density at radius 3 is 1.98 bits per heavy atom. The van der Waals surface area contributed by atoms with Crippen LogP contribution < -0.4 is 10.0 Å². The Labute approximate surface area is 239 Å². The number of hydrogen-bond donors (Lipinski definition) is 3. The first-order valence-electron chi connectivity index (χ1n) is 13.2. The maximum Gasteiger partial charge on any atom is 0.490 e.